The second-order valence-electron chi connectivity index (χ2n) is 8.28. The van der Waals surface area contributed by atoms with Crippen LogP contribution in [0.1, 0.15) is 46.6 Å². The SMILES string of the molecule is CCCN(C(=O)C1CN(C(=O)OC(C)(C)C)c2cc(C)ccc2O1)[C@H](C)CN. The van der Waals surface area contributed by atoms with Crippen LogP contribution in [0.5, 0.6) is 5.75 Å². The lowest BCUT2D eigenvalue weighted by molar-refractivity contribution is -0.140. The highest BCUT2D eigenvalue weighted by Crippen LogP contribution is 2.35. The number of hydrogen-bond donors (Lipinski definition) is 1. The van der Waals surface area contributed by atoms with E-state index in [1.165, 1.54) is 4.90 Å². The Labute approximate surface area is 167 Å². The van der Waals surface area contributed by atoms with Gasteiger partial charge in [0.05, 0.1) is 12.2 Å². The molecule has 0 radical (unpaired) electrons. The van der Waals surface area contributed by atoms with Crippen LogP contribution in [-0.4, -0.2) is 54.3 Å². The van der Waals surface area contributed by atoms with Crippen molar-refractivity contribution in [3.63, 3.8) is 0 Å². The van der Waals surface area contributed by atoms with Gasteiger partial charge in [0.2, 0.25) is 0 Å². The van der Waals surface area contributed by atoms with Gasteiger partial charge in [0.15, 0.2) is 6.10 Å². The van der Waals surface area contributed by atoms with Crippen molar-refractivity contribution < 1.29 is 19.1 Å². The maximum absolute atomic E-state index is 13.2. The highest BCUT2D eigenvalue weighted by atomic mass is 16.6. The first-order chi connectivity index (χ1) is 13.1. The summed E-state index contributed by atoms with van der Waals surface area (Å²) >= 11 is 0. The molecule has 1 aromatic carbocycles. The van der Waals surface area contributed by atoms with Crippen molar-refractivity contribution in [3.05, 3.63) is 23.8 Å². The molecule has 1 heterocycles. The summed E-state index contributed by atoms with van der Waals surface area (Å²) in [4.78, 5) is 29.3. The van der Waals surface area contributed by atoms with Gasteiger partial charge in [-0.05, 0) is 58.7 Å². The third-order valence-corrected chi connectivity index (χ3v) is 4.53. The molecule has 0 fully saturated rings. The summed E-state index contributed by atoms with van der Waals surface area (Å²) in [5.41, 5.74) is 6.76. The minimum Gasteiger partial charge on any atom is -0.476 e. The molecule has 1 aliphatic heterocycles. The van der Waals surface area contributed by atoms with Crippen LogP contribution >= 0.6 is 0 Å². The normalized spacial score (nSPS) is 17.4. The lowest BCUT2D eigenvalue weighted by Crippen LogP contribution is -2.55. The van der Waals surface area contributed by atoms with Crippen molar-refractivity contribution in [1.82, 2.24) is 4.90 Å². The van der Waals surface area contributed by atoms with Crippen LogP contribution in [0.25, 0.3) is 0 Å². The molecule has 156 valence electrons. The van der Waals surface area contributed by atoms with Crippen molar-refractivity contribution in [2.75, 3.05) is 24.5 Å². The smallest absolute Gasteiger partial charge is 0.415 e. The molecular formula is C21H33N3O4. The summed E-state index contributed by atoms with van der Waals surface area (Å²) in [6, 6.07) is 5.45. The first kappa shape index (κ1) is 22.0. The quantitative estimate of drug-likeness (QED) is 0.834. The topological polar surface area (TPSA) is 85.1 Å². The van der Waals surface area contributed by atoms with E-state index in [4.69, 9.17) is 15.2 Å². The molecule has 2 rings (SSSR count). The third kappa shape index (κ3) is 5.16. The van der Waals surface area contributed by atoms with Gasteiger partial charge in [-0.2, -0.15) is 0 Å². The highest BCUT2D eigenvalue weighted by Gasteiger charge is 2.38. The van der Waals surface area contributed by atoms with Gasteiger partial charge in [-0.1, -0.05) is 13.0 Å². The molecule has 0 saturated heterocycles. The first-order valence-electron chi connectivity index (χ1n) is 9.85. The van der Waals surface area contributed by atoms with Crippen molar-refractivity contribution in [2.45, 2.75) is 65.7 Å². The van der Waals surface area contributed by atoms with E-state index in [-0.39, 0.29) is 18.5 Å². The average molecular weight is 392 g/mol. The summed E-state index contributed by atoms with van der Waals surface area (Å²) in [5, 5.41) is 0. The summed E-state index contributed by atoms with van der Waals surface area (Å²) in [6.45, 7) is 12.4. The maximum atomic E-state index is 13.2. The van der Waals surface area contributed by atoms with E-state index >= 15 is 0 Å². The van der Waals surface area contributed by atoms with E-state index in [0.29, 0.717) is 24.5 Å². The summed E-state index contributed by atoms with van der Waals surface area (Å²) in [6.07, 6.45) is -0.480. The van der Waals surface area contributed by atoms with Crippen LogP contribution in [0.15, 0.2) is 18.2 Å². The molecule has 2 amide bonds. The molecule has 7 heteroatoms. The van der Waals surface area contributed by atoms with Crippen LogP contribution in [0.4, 0.5) is 10.5 Å². The number of ether oxygens (including phenoxy) is 2. The number of amides is 2. The number of aryl methyl sites for hydroxylation is 1. The van der Waals surface area contributed by atoms with Gasteiger partial charge in [-0.3, -0.25) is 9.69 Å². The number of hydrogen-bond acceptors (Lipinski definition) is 5. The Balaban J connectivity index is 2.35. The molecule has 0 saturated carbocycles. The van der Waals surface area contributed by atoms with Gasteiger partial charge >= 0.3 is 6.09 Å². The predicted octanol–water partition coefficient (Wildman–Crippen LogP) is 3.08. The Morgan fingerprint density at radius 3 is 2.64 bits per heavy atom. The third-order valence-electron chi connectivity index (χ3n) is 4.53. The zero-order chi connectivity index (χ0) is 21.1. The highest BCUT2D eigenvalue weighted by molar-refractivity contribution is 5.93. The van der Waals surface area contributed by atoms with Gasteiger partial charge in [0.1, 0.15) is 11.4 Å². The number of nitrogens with zero attached hydrogens (tertiary/aromatic N) is 2. The maximum Gasteiger partial charge on any atom is 0.415 e. The largest absolute Gasteiger partial charge is 0.476 e. The second-order valence-corrected chi connectivity index (χ2v) is 8.28. The molecule has 1 unspecified atom stereocenters. The van der Waals surface area contributed by atoms with Gasteiger partial charge < -0.3 is 20.1 Å². The number of carbonyl (C=O) groups excluding carboxylic acids is 2. The van der Waals surface area contributed by atoms with E-state index in [0.717, 1.165) is 12.0 Å². The molecule has 0 bridgehead atoms. The predicted molar refractivity (Wildman–Crippen MR) is 110 cm³/mol. The molecule has 2 atom stereocenters. The van der Waals surface area contributed by atoms with Gasteiger partial charge in [-0.25, -0.2) is 4.79 Å². The second kappa shape index (κ2) is 8.82. The molecule has 0 aromatic heterocycles. The summed E-state index contributed by atoms with van der Waals surface area (Å²) in [5.74, 6) is 0.331. The Morgan fingerprint density at radius 1 is 1.39 bits per heavy atom. The number of benzene rings is 1. The fourth-order valence-electron chi connectivity index (χ4n) is 3.11. The Morgan fingerprint density at radius 2 is 2.07 bits per heavy atom. The van der Waals surface area contributed by atoms with Crippen LogP contribution in [0.2, 0.25) is 0 Å². The molecule has 7 nitrogen and oxygen atoms in total. The fraction of sp³-hybridized carbons (Fsp3) is 0.619. The molecule has 1 aromatic rings. The van der Waals surface area contributed by atoms with Crippen molar-refractivity contribution in [3.8, 4) is 5.75 Å². The number of fused-ring (bicyclic) bond motifs is 1. The Kier molecular flexibility index (Phi) is 6.93. The number of anilines is 1. The lowest BCUT2D eigenvalue weighted by Gasteiger charge is -2.38. The van der Waals surface area contributed by atoms with E-state index < -0.39 is 17.8 Å². The van der Waals surface area contributed by atoms with E-state index in [9.17, 15) is 9.59 Å². The minimum absolute atomic E-state index is 0.0989. The van der Waals surface area contributed by atoms with Crippen LogP contribution in [0.3, 0.4) is 0 Å². The number of nitrogens with two attached hydrogens (primary N) is 1. The monoisotopic (exact) mass is 391 g/mol. The van der Waals surface area contributed by atoms with Crippen molar-refractivity contribution in [1.29, 1.82) is 0 Å². The van der Waals surface area contributed by atoms with Crippen LogP contribution < -0.4 is 15.4 Å². The molecule has 0 aliphatic carbocycles. The van der Waals surface area contributed by atoms with Crippen molar-refractivity contribution in [2.24, 2.45) is 5.73 Å². The Hall–Kier alpha value is -2.28. The summed E-state index contributed by atoms with van der Waals surface area (Å²) < 4.78 is 11.6. The average Bonchev–Trinajstić information content (AvgIpc) is 2.62. The minimum atomic E-state index is -0.803. The molecule has 0 spiro atoms. The number of carbonyl (C=O) groups is 2. The van der Waals surface area contributed by atoms with Crippen LogP contribution in [0, 0.1) is 6.92 Å². The Bertz CT molecular complexity index is 714. The van der Waals surface area contributed by atoms with E-state index in [2.05, 4.69) is 0 Å². The number of rotatable bonds is 5. The first-order valence-corrected chi connectivity index (χ1v) is 9.85. The molecular weight excluding hydrogens is 358 g/mol. The summed E-state index contributed by atoms with van der Waals surface area (Å²) in [7, 11) is 0. The zero-order valence-electron chi connectivity index (χ0n) is 17.8. The molecule has 1 aliphatic rings. The van der Waals surface area contributed by atoms with Gasteiger partial charge in [0.25, 0.3) is 5.91 Å². The van der Waals surface area contributed by atoms with Crippen molar-refractivity contribution >= 4 is 17.7 Å². The molecule has 2 N–H and O–H groups in total. The van der Waals surface area contributed by atoms with E-state index in [1.54, 1.807) is 11.0 Å². The van der Waals surface area contributed by atoms with Gasteiger partial charge in [-0.15, -0.1) is 0 Å². The lowest BCUT2D eigenvalue weighted by atomic mass is 10.1. The van der Waals surface area contributed by atoms with Crippen LogP contribution in [-0.2, 0) is 9.53 Å². The fourth-order valence-corrected chi connectivity index (χ4v) is 3.11. The zero-order valence-corrected chi connectivity index (χ0v) is 17.8. The van der Waals surface area contributed by atoms with Gasteiger partial charge in [0, 0.05) is 19.1 Å². The van der Waals surface area contributed by atoms with E-state index in [1.807, 2.05) is 53.7 Å². The standard InChI is InChI=1S/C21H33N3O4/c1-7-10-23(15(3)12-22)19(25)18-13-24(20(26)28-21(4,5)6)16-11-14(2)8-9-17(16)27-18/h8-9,11,15,18H,7,10,12-13,22H2,1-6H3/t15-,18?/m1/s1. The molecule has 28 heavy (non-hydrogen) atoms.